The average molecular weight is 424 g/mol. The molecule has 1 heterocycles. The number of carbonyl (C=O) groups is 1. The molecule has 1 amide bonds. The number of thioether (sulfide) groups is 1. The monoisotopic (exact) mass is 423 g/mol. The minimum Gasteiger partial charge on any atom is -0.390 e. The molecule has 0 radical (unpaired) electrons. The van der Waals surface area contributed by atoms with Crippen LogP contribution >= 0.6 is 23.4 Å². The fourth-order valence-electron chi connectivity index (χ4n) is 2.45. The highest BCUT2D eigenvalue weighted by molar-refractivity contribution is 7.99. The van der Waals surface area contributed by atoms with Gasteiger partial charge in [0.1, 0.15) is 11.6 Å². The molecule has 0 aliphatic rings. The number of imidazole rings is 1. The molecule has 0 saturated heterocycles. The molecule has 0 spiro atoms. The number of nitrogens with one attached hydrogen (secondary N) is 1. The highest BCUT2D eigenvalue weighted by atomic mass is 35.5. The molecule has 9 heteroatoms. The van der Waals surface area contributed by atoms with Crippen LogP contribution in [-0.4, -0.2) is 26.3 Å². The van der Waals surface area contributed by atoms with Gasteiger partial charge < -0.3 is 15.0 Å². The van der Waals surface area contributed by atoms with Crippen LogP contribution in [0.4, 0.5) is 14.5 Å². The molecule has 3 rings (SSSR count). The minimum atomic E-state index is -0.842. The van der Waals surface area contributed by atoms with Crippen molar-refractivity contribution in [1.82, 2.24) is 9.55 Å². The number of rotatable bonds is 7. The van der Waals surface area contributed by atoms with Crippen molar-refractivity contribution in [3.05, 3.63) is 76.6 Å². The zero-order chi connectivity index (χ0) is 20.1. The number of aliphatic hydroxyl groups excluding tert-OH is 1. The maximum atomic E-state index is 13.6. The van der Waals surface area contributed by atoms with Gasteiger partial charge in [-0.15, -0.1) is 0 Å². The second-order valence-electron chi connectivity index (χ2n) is 5.89. The maximum absolute atomic E-state index is 13.6. The Balaban J connectivity index is 1.66. The summed E-state index contributed by atoms with van der Waals surface area (Å²) < 4.78 is 28.4. The van der Waals surface area contributed by atoms with Crippen molar-refractivity contribution in [1.29, 1.82) is 0 Å². The largest absolute Gasteiger partial charge is 0.390 e. The van der Waals surface area contributed by atoms with E-state index in [-0.39, 0.29) is 18.0 Å². The molecule has 0 bridgehead atoms. The van der Waals surface area contributed by atoms with E-state index in [1.54, 1.807) is 18.3 Å². The number of amides is 1. The van der Waals surface area contributed by atoms with E-state index in [1.165, 1.54) is 6.07 Å². The van der Waals surface area contributed by atoms with Gasteiger partial charge in [0.2, 0.25) is 5.91 Å². The van der Waals surface area contributed by atoms with Gasteiger partial charge in [-0.05, 0) is 29.8 Å². The number of hydrogen-bond donors (Lipinski definition) is 2. The molecule has 0 fully saturated rings. The summed E-state index contributed by atoms with van der Waals surface area (Å²) in [4.78, 5) is 16.4. The van der Waals surface area contributed by atoms with Crippen molar-refractivity contribution < 1.29 is 18.7 Å². The van der Waals surface area contributed by atoms with Crippen molar-refractivity contribution in [2.45, 2.75) is 18.3 Å². The number of hydrogen-bond acceptors (Lipinski definition) is 4. The third-order valence-corrected chi connectivity index (χ3v) is 5.00. The first-order valence-electron chi connectivity index (χ1n) is 8.23. The Hall–Kier alpha value is -2.42. The van der Waals surface area contributed by atoms with E-state index < -0.39 is 17.5 Å². The van der Waals surface area contributed by atoms with E-state index in [4.69, 9.17) is 11.6 Å². The lowest BCUT2D eigenvalue weighted by Crippen LogP contribution is -2.15. The quantitative estimate of drug-likeness (QED) is 0.562. The number of carbonyl (C=O) groups excluding carboxylic acids is 1. The molecule has 3 aromatic rings. The average Bonchev–Trinajstić information content (AvgIpc) is 3.06. The third-order valence-electron chi connectivity index (χ3n) is 3.76. The molecule has 2 aromatic carbocycles. The van der Waals surface area contributed by atoms with E-state index in [2.05, 4.69) is 10.3 Å². The van der Waals surface area contributed by atoms with Gasteiger partial charge in [0.05, 0.1) is 23.7 Å². The van der Waals surface area contributed by atoms with Gasteiger partial charge in [0, 0.05) is 23.8 Å². The number of halogens is 3. The summed E-state index contributed by atoms with van der Waals surface area (Å²) in [5.74, 6) is -2.04. The molecule has 2 N–H and O–H groups in total. The van der Waals surface area contributed by atoms with Crippen LogP contribution in [0.5, 0.6) is 0 Å². The number of nitrogens with zero attached hydrogens (tertiary/aromatic N) is 2. The highest BCUT2D eigenvalue weighted by Gasteiger charge is 2.13. The third kappa shape index (κ3) is 5.31. The van der Waals surface area contributed by atoms with Gasteiger partial charge in [-0.1, -0.05) is 35.5 Å². The number of anilines is 1. The summed E-state index contributed by atoms with van der Waals surface area (Å²) in [5.41, 5.74) is 1.36. The molecule has 0 aliphatic heterocycles. The van der Waals surface area contributed by atoms with Crippen molar-refractivity contribution in [3.8, 4) is 0 Å². The minimum absolute atomic E-state index is 0.0285. The molecule has 0 unspecified atom stereocenters. The highest BCUT2D eigenvalue weighted by Crippen LogP contribution is 2.21. The van der Waals surface area contributed by atoms with Crippen molar-refractivity contribution in [2.75, 3.05) is 11.1 Å². The number of aromatic nitrogens is 2. The van der Waals surface area contributed by atoms with Crippen LogP contribution in [0.3, 0.4) is 0 Å². The maximum Gasteiger partial charge on any atom is 0.234 e. The Morgan fingerprint density at radius 1 is 1.21 bits per heavy atom. The van der Waals surface area contributed by atoms with E-state index in [1.807, 2.05) is 16.7 Å². The zero-order valence-electron chi connectivity index (χ0n) is 14.5. The van der Waals surface area contributed by atoms with Crippen molar-refractivity contribution in [2.24, 2.45) is 0 Å². The summed E-state index contributed by atoms with van der Waals surface area (Å²) in [5, 5.41) is 12.9. The predicted octanol–water partition coefficient (Wildman–Crippen LogP) is 4.09. The molecule has 146 valence electrons. The molecule has 5 nitrogen and oxygen atoms in total. The number of aliphatic hydroxyl groups is 1. The first-order valence-corrected chi connectivity index (χ1v) is 9.60. The lowest BCUT2D eigenvalue weighted by Gasteiger charge is -2.09. The predicted molar refractivity (Wildman–Crippen MR) is 104 cm³/mol. The van der Waals surface area contributed by atoms with Gasteiger partial charge in [-0.25, -0.2) is 13.8 Å². The Morgan fingerprint density at radius 2 is 1.96 bits per heavy atom. The van der Waals surface area contributed by atoms with Gasteiger partial charge in [-0.2, -0.15) is 0 Å². The second-order valence-corrected chi connectivity index (χ2v) is 7.27. The second kappa shape index (κ2) is 9.18. The molecular formula is C19H16ClF2N3O2S. The van der Waals surface area contributed by atoms with Crippen LogP contribution in [-0.2, 0) is 17.9 Å². The first-order chi connectivity index (χ1) is 13.4. The fraction of sp³-hybridized carbons (Fsp3) is 0.158. The van der Waals surface area contributed by atoms with Gasteiger partial charge in [-0.3, -0.25) is 4.79 Å². The standard InChI is InChI=1S/C19H16ClF2N3O2S/c20-13-3-1-12(2-4-13)8-25-9-15(10-26)23-19(25)28-11-18(27)24-17-6-5-14(21)7-16(17)22/h1-7,9,26H,8,10-11H2,(H,24,27). The van der Waals surface area contributed by atoms with Gasteiger partial charge >= 0.3 is 0 Å². The van der Waals surface area contributed by atoms with E-state index in [9.17, 15) is 18.7 Å². The Morgan fingerprint density at radius 3 is 2.64 bits per heavy atom. The van der Waals surface area contributed by atoms with Crippen LogP contribution in [0.15, 0.2) is 53.8 Å². The topological polar surface area (TPSA) is 67.1 Å². The molecule has 0 aliphatic carbocycles. The molecule has 0 saturated carbocycles. The molecular weight excluding hydrogens is 408 g/mol. The summed E-state index contributed by atoms with van der Waals surface area (Å²) in [7, 11) is 0. The van der Waals surface area contributed by atoms with Crippen LogP contribution in [0.2, 0.25) is 5.02 Å². The summed E-state index contributed by atoms with van der Waals surface area (Å²) in [6, 6.07) is 10.2. The smallest absolute Gasteiger partial charge is 0.234 e. The van der Waals surface area contributed by atoms with Crippen LogP contribution in [0, 0.1) is 11.6 Å². The van der Waals surface area contributed by atoms with Crippen molar-refractivity contribution in [3.63, 3.8) is 0 Å². The number of benzene rings is 2. The lowest BCUT2D eigenvalue weighted by molar-refractivity contribution is -0.113. The Kier molecular flexibility index (Phi) is 6.66. The van der Waals surface area contributed by atoms with Crippen LogP contribution in [0.1, 0.15) is 11.3 Å². The SMILES string of the molecule is O=C(CSc1nc(CO)cn1Cc1ccc(Cl)cc1)Nc1ccc(F)cc1F. The zero-order valence-corrected chi connectivity index (χ0v) is 16.1. The fourth-order valence-corrected chi connectivity index (χ4v) is 3.37. The normalized spacial score (nSPS) is 10.9. The summed E-state index contributed by atoms with van der Waals surface area (Å²) in [6.07, 6.45) is 1.70. The van der Waals surface area contributed by atoms with Gasteiger partial charge in [0.25, 0.3) is 0 Å². The Bertz CT molecular complexity index is 980. The molecule has 28 heavy (non-hydrogen) atoms. The van der Waals surface area contributed by atoms with Crippen molar-refractivity contribution >= 4 is 35.0 Å². The van der Waals surface area contributed by atoms with E-state index in [0.29, 0.717) is 28.5 Å². The molecule has 1 aromatic heterocycles. The summed E-state index contributed by atoms with van der Waals surface area (Å²) in [6.45, 7) is 0.259. The van der Waals surface area contributed by atoms with E-state index >= 15 is 0 Å². The van der Waals surface area contributed by atoms with Gasteiger partial charge in [0.15, 0.2) is 5.16 Å². The van der Waals surface area contributed by atoms with Crippen LogP contribution in [0.25, 0.3) is 0 Å². The Labute approximate surface area is 169 Å². The lowest BCUT2D eigenvalue weighted by atomic mass is 10.2. The molecule has 0 atom stereocenters. The summed E-state index contributed by atoms with van der Waals surface area (Å²) >= 11 is 7.04. The first kappa shape index (κ1) is 20.3. The van der Waals surface area contributed by atoms with Crippen LogP contribution < -0.4 is 5.32 Å². The van der Waals surface area contributed by atoms with E-state index in [0.717, 1.165) is 23.4 Å².